The first kappa shape index (κ1) is 20.5. The van der Waals surface area contributed by atoms with Crippen LogP contribution < -0.4 is 4.90 Å². The van der Waals surface area contributed by atoms with E-state index >= 15 is 0 Å². The largest absolute Gasteiger partial charge is 0.350 e. The number of fused-ring (bicyclic) bond motifs is 3. The Morgan fingerprint density at radius 1 is 0.912 bits per heavy atom. The minimum absolute atomic E-state index is 0.479. The van der Waals surface area contributed by atoms with Gasteiger partial charge in [0.1, 0.15) is 11.8 Å². The molecule has 0 N–H and O–H groups in total. The minimum Gasteiger partial charge on any atom is -0.350 e. The summed E-state index contributed by atoms with van der Waals surface area (Å²) in [7, 11) is 0. The molecule has 0 radical (unpaired) electrons. The number of aromatic nitrogens is 2. The molecule has 0 fully saturated rings. The van der Waals surface area contributed by atoms with E-state index in [1.54, 1.807) is 0 Å². The highest BCUT2D eigenvalue weighted by atomic mass is 15.2. The van der Waals surface area contributed by atoms with Crippen molar-refractivity contribution in [3.05, 3.63) is 106 Å². The molecule has 4 heteroatoms. The highest BCUT2D eigenvalue weighted by Crippen LogP contribution is 2.35. The smallest absolute Gasteiger partial charge is 0.155 e. The summed E-state index contributed by atoms with van der Waals surface area (Å²) in [6, 6.07) is 28.1. The molecular weight excluding hydrogens is 416 g/mol. The molecule has 0 bridgehead atoms. The van der Waals surface area contributed by atoms with Gasteiger partial charge in [-0.1, -0.05) is 60.7 Å². The SMILES string of the molecule is Cc1c(C)n(Cc2ccc3ccccc3c2)c2c(N3CCc4ccccc4C3)nc(C#N)cc12. The molecule has 0 aliphatic carbocycles. The number of pyridine rings is 1. The van der Waals surface area contributed by atoms with Crippen molar-refractivity contribution >= 4 is 27.5 Å². The molecular formula is C30H26N4. The predicted octanol–water partition coefficient (Wildman–Crippen LogP) is 6.29. The standard InChI is InChI=1S/C30H26N4/c1-20-21(2)34(18-22-11-12-23-7-3-5-9-25(23)15-22)29-28(20)16-27(17-31)32-30(29)33-14-13-24-8-4-6-10-26(24)19-33/h3-12,15-16H,13-14,18-19H2,1-2H3. The third kappa shape index (κ3) is 3.33. The molecule has 0 unspecified atom stereocenters. The molecule has 166 valence electrons. The van der Waals surface area contributed by atoms with Crippen LogP contribution in [0.4, 0.5) is 5.82 Å². The van der Waals surface area contributed by atoms with Crippen LogP contribution >= 0.6 is 0 Å². The van der Waals surface area contributed by atoms with Gasteiger partial charge in [-0.3, -0.25) is 0 Å². The van der Waals surface area contributed by atoms with Crippen molar-refractivity contribution in [3.63, 3.8) is 0 Å². The van der Waals surface area contributed by atoms with Crippen molar-refractivity contribution in [1.82, 2.24) is 9.55 Å². The molecule has 1 aliphatic rings. The molecule has 0 atom stereocenters. The maximum Gasteiger partial charge on any atom is 0.155 e. The first-order valence-corrected chi connectivity index (χ1v) is 11.8. The molecule has 6 rings (SSSR count). The van der Waals surface area contributed by atoms with Crippen LogP contribution in [0.3, 0.4) is 0 Å². The van der Waals surface area contributed by atoms with Gasteiger partial charge in [0.2, 0.25) is 0 Å². The van der Waals surface area contributed by atoms with E-state index in [1.807, 2.05) is 6.07 Å². The fraction of sp³-hybridized carbons (Fsp3) is 0.200. The highest BCUT2D eigenvalue weighted by molar-refractivity contribution is 5.94. The summed E-state index contributed by atoms with van der Waals surface area (Å²) in [5.74, 6) is 0.917. The molecule has 0 saturated heterocycles. The number of nitriles is 1. The zero-order valence-electron chi connectivity index (χ0n) is 19.5. The Morgan fingerprint density at radius 2 is 1.68 bits per heavy atom. The number of benzene rings is 3. The molecule has 1 aliphatic heterocycles. The van der Waals surface area contributed by atoms with Crippen LogP contribution in [-0.4, -0.2) is 16.1 Å². The number of rotatable bonds is 3. The van der Waals surface area contributed by atoms with Crippen LogP contribution in [0.15, 0.2) is 72.8 Å². The van der Waals surface area contributed by atoms with Gasteiger partial charge >= 0.3 is 0 Å². The lowest BCUT2D eigenvalue weighted by Crippen LogP contribution is -2.31. The lowest BCUT2D eigenvalue weighted by atomic mass is 10.00. The number of anilines is 1. The van der Waals surface area contributed by atoms with E-state index in [2.05, 4.69) is 96.1 Å². The molecule has 3 aromatic carbocycles. The van der Waals surface area contributed by atoms with E-state index in [9.17, 15) is 5.26 Å². The van der Waals surface area contributed by atoms with Gasteiger partial charge in [-0.15, -0.1) is 0 Å². The first-order chi connectivity index (χ1) is 16.6. The Hall–Kier alpha value is -4.10. The van der Waals surface area contributed by atoms with Crippen LogP contribution in [0.2, 0.25) is 0 Å². The third-order valence-electron chi connectivity index (χ3n) is 7.30. The highest BCUT2D eigenvalue weighted by Gasteiger charge is 2.24. The second-order valence-electron chi connectivity index (χ2n) is 9.26. The zero-order valence-corrected chi connectivity index (χ0v) is 19.5. The summed E-state index contributed by atoms with van der Waals surface area (Å²) in [6.45, 7) is 6.81. The summed E-state index contributed by atoms with van der Waals surface area (Å²) in [4.78, 5) is 7.22. The molecule has 0 spiro atoms. The van der Waals surface area contributed by atoms with Gasteiger partial charge in [0.05, 0.1) is 5.52 Å². The van der Waals surface area contributed by atoms with Gasteiger partial charge in [-0.05, 0) is 65.4 Å². The van der Waals surface area contributed by atoms with Crippen molar-refractivity contribution in [2.75, 3.05) is 11.4 Å². The monoisotopic (exact) mass is 442 g/mol. The van der Waals surface area contributed by atoms with E-state index in [4.69, 9.17) is 4.98 Å². The van der Waals surface area contributed by atoms with Gasteiger partial charge in [0.15, 0.2) is 5.82 Å². The van der Waals surface area contributed by atoms with Gasteiger partial charge in [0, 0.05) is 30.7 Å². The average molecular weight is 443 g/mol. The molecule has 2 aromatic heterocycles. The van der Waals surface area contributed by atoms with Crippen LogP contribution in [0.5, 0.6) is 0 Å². The molecule has 0 saturated carbocycles. The van der Waals surface area contributed by atoms with Crippen molar-refractivity contribution in [2.24, 2.45) is 0 Å². The van der Waals surface area contributed by atoms with E-state index in [0.29, 0.717) is 5.69 Å². The quantitative estimate of drug-likeness (QED) is 0.330. The Kier molecular flexibility index (Phi) is 4.85. The second kappa shape index (κ2) is 8.04. The number of hydrogen-bond acceptors (Lipinski definition) is 3. The van der Waals surface area contributed by atoms with Crippen molar-refractivity contribution in [1.29, 1.82) is 5.26 Å². The minimum atomic E-state index is 0.479. The Bertz CT molecular complexity index is 1600. The van der Waals surface area contributed by atoms with E-state index < -0.39 is 0 Å². The Labute approximate surface area is 199 Å². The fourth-order valence-electron chi connectivity index (χ4n) is 5.31. The van der Waals surface area contributed by atoms with E-state index in [0.717, 1.165) is 42.8 Å². The van der Waals surface area contributed by atoms with Gasteiger partial charge in [-0.25, -0.2) is 4.98 Å². The fourth-order valence-corrected chi connectivity index (χ4v) is 5.31. The number of aryl methyl sites for hydroxylation is 1. The number of nitrogens with zero attached hydrogens (tertiary/aromatic N) is 4. The van der Waals surface area contributed by atoms with E-state index in [1.165, 1.54) is 38.7 Å². The van der Waals surface area contributed by atoms with Crippen LogP contribution in [0.25, 0.3) is 21.7 Å². The summed E-state index contributed by atoms with van der Waals surface area (Å²) in [5, 5.41) is 13.4. The average Bonchev–Trinajstić information content (AvgIpc) is 3.12. The third-order valence-corrected chi connectivity index (χ3v) is 7.30. The first-order valence-electron chi connectivity index (χ1n) is 11.8. The zero-order chi connectivity index (χ0) is 23.2. The lowest BCUT2D eigenvalue weighted by molar-refractivity contribution is 0.717. The molecule has 5 aromatic rings. The summed E-state index contributed by atoms with van der Waals surface area (Å²) in [6.07, 6.45) is 0.986. The summed E-state index contributed by atoms with van der Waals surface area (Å²) in [5.41, 5.74) is 8.05. The van der Waals surface area contributed by atoms with Gasteiger partial charge in [-0.2, -0.15) is 5.26 Å². The normalized spacial score (nSPS) is 13.3. The molecule has 34 heavy (non-hydrogen) atoms. The molecule has 4 nitrogen and oxygen atoms in total. The predicted molar refractivity (Wildman–Crippen MR) is 138 cm³/mol. The van der Waals surface area contributed by atoms with Crippen molar-refractivity contribution < 1.29 is 0 Å². The van der Waals surface area contributed by atoms with Gasteiger partial charge < -0.3 is 9.47 Å². The summed E-state index contributed by atoms with van der Waals surface area (Å²) >= 11 is 0. The molecule has 0 amide bonds. The second-order valence-corrected chi connectivity index (χ2v) is 9.26. The number of hydrogen-bond donors (Lipinski definition) is 0. The van der Waals surface area contributed by atoms with Crippen LogP contribution in [0, 0.1) is 25.2 Å². The van der Waals surface area contributed by atoms with Crippen LogP contribution in [0.1, 0.15) is 33.6 Å². The lowest BCUT2D eigenvalue weighted by Gasteiger charge is -2.30. The molecule has 3 heterocycles. The Balaban J connectivity index is 1.51. The maximum absolute atomic E-state index is 9.74. The Morgan fingerprint density at radius 3 is 2.50 bits per heavy atom. The van der Waals surface area contributed by atoms with E-state index in [-0.39, 0.29) is 0 Å². The van der Waals surface area contributed by atoms with Crippen molar-refractivity contribution in [2.45, 2.75) is 33.4 Å². The van der Waals surface area contributed by atoms with Crippen molar-refractivity contribution in [3.8, 4) is 6.07 Å². The topological polar surface area (TPSA) is 44.9 Å². The van der Waals surface area contributed by atoms with Crippen LogP contribution in [-0.2, 0) is 19.5 Å². The van der Waals surface area contributed by atoms with Gasteiger partial charge in [0.25, 0.3) is 0 Å². The summed E-state index contributed by atoms with van der Waals surface area (Å²) < 4.78 is 2.39. The maximum atomic E-state index is 9.74.